The van der Waals surface area contributed by atoms with E-state index >= 15 is 0 Å². The fraction of sp³-hybridized carbons (Fsp3) is 0.429. The molecular weight excluding hydrogens is 317 g/mol. The lowest BCUT2D eigenvalue weighted by atomic mass is 10.3. The molecule has 0 saturated carbocycles. The molecule has 0 saturated heterocycles. The lowest BCUT2D eigenvalue weighted by Crippen LogP contribution is -2.38. The number of carbonyl (C=O) groups is 2. The van der Waals surface area contributed by atoms with Crippen LogP contribution in [0.3, 0.4) is 0 Å². The molecule has 6 nitrogen and oxygen atoms in total. The van der Waals surface area contributed by atoms with Crippen molar-refractivity contribution in [1.29, 1.82) is 0 Å². The summed E-state index contributed by atoms with van der Waals surface area (Å²) in [6, 6.07) is 3.51. The molecule has 0 fully saturated rings. The van der Waals surface area contributed by atoms with Gasteiger partial charge in [0.25, 0.3) is 5.91 Å². The summed E-state index contributed by atoms with van der Waals surface area (Å²) in [5.74, 6) is -1.54. The molecule has 1 aromatic rings. The first-order valence-corrected chi connectivity index (χ1v) is 6.85. The molecule has 1 N–H and O–H groups in total. The van der Waals surface area contributed by atoms with Crippen molar-refractivity contribution >= 4 is 23.5 Å². The van der Waals surface area contributed by atoms with Crippen LogP contribution in [-0.4, -0.2) is 44.8 Å². The minimum Gasteiger partial charge on any atom is -0.480 e. The minimum atomic E-state index is -0.961. The Bertz CT molecular complexity index is 526. The molecule has 1 rings (SSSR count). The van der Waals surface area contributed by atoms with Crippen LogP contribution in [0.25, 0.3) is 0 Å². The van der Waals surface area contributed by atoms with Gasteiger partial charge in [-0.1, -0.05) is 11.6 Å². The summed E-state index contributed by atoms with van der Waals surface area (Å²) in [5, 5.41) is 2.57. The number of rotatable bonds is 8. The van der Waals surface area contributed by atoms with Crippen molar-refractivity contribution in [2.75, 3.05) is 26.9 Å². The van der Waals surface area contributed by atoms with Crippen LogP contribution in [0, 0.1) is 5.82 Å². The van der Waals surface area contributed by atoms with Crippen LogP contribution >= 0.6 is 11.6 Å². The highest BCUT2D eigenvalue weighted by Gasteiger charge is 2.18. The zero-order valence-corrected chi connectivity index (χ0v) is 13.0. The van der Waals surface area contributed by atoms with Crippen molar-refractivity contribution < 1.29 is 28.2 Å². The fourth-order valence-electron chi connectivity index (χ4n) is 1.43. The average Bonchev–Trinajstić information content (AvgIpc) is 2.46. The first-order chi connectivity index (χ1) is 10.4. The van der Waals surface area contributed by atoms with Gasteiger partial charge >= 0.3 is 5.97 Å². The second-order valence-electron chi connectivity index (χ2n) is 4.28. The maximum absolute atomic E-state index is 12.8. The van der Waals surface area contributed by atoms with Gasteiger partial charge < -0.3 is 19.5 Å². The van der Waals surface area contributed by atoms with E-state index in [1.54, 1.807) is 0 Å². The van der Waals surface area contributed by atoms with Gasteiger partial charge in [0.05, 0.1) is 11.6 Å². The largest absolute Gasteiger partial charge is 0.480 e. The van der Waals surface area contributed by atoms with Crippen molar-refractivity contribution in [1.82, 2.24) is 5.32 Å². The molecule has 1 aromatic carbocycles. The molecular formula is C14H17ClFNO5. The first-order valence-electron chi connectivity index (χ1n) is 6.48. The Hall–Kier alpha value is -1.86. The number of nitrogens with one attached hydrogen (secondary N) is 1. The topological polar surface area (TPSA) is 73.9 Å². The molecule has 0 aliphatic carbocycles. The highest BCUT2D eigenvalue weighted by molar-refractivity contribution is 6.32. The normalized spacial score (nSPS) is 11.6. The van der Waals surface area contributed by atoms with Crippen molar-refractivity contribution in [2.24, 2.45) is 0 Å². The summed E-state index contributed by atoms with van der Waals surface area (Å²) in [7, 11) is 1.51. The highest BCUT2D eigenvalue weighted by Crippen LogP contribution is 2.24. The summed E-state index contributed by atoms with van der Waals surface area (Å²) in [5.41, 5.74) is 0. The lowest BCUT2D eigenvalue weighted by molar-refractivity contribution is -0.156. The lowest BCUT2D eigenvalue weighted by Gasteiger charge is -2.14. The predicted molar refractivity (Wildman–Crippen MR) is 77.3 cm³/mol. The Morgan fingerprint density at radius 2 is 2.14 bits per heavy atom. The third-order valence-electron chi connectivity index (χ3n) is 2.52. The number of esters is 1. The summed E-state index contributed by atoms with van der Waals surface area (Å²) >= 11 is 5.75. The second kappa shape index (κ2) is 9.22. The molecule has 1 amide bonds. The number of benzene rings is 1. The van der Waals surface area contributed by atoms with Gasteiger partial charge in [-0.05, 0) is 25.1 Å². The molecule has 0 aliphatic heterocycles. The van der Waals surface area contributed by atoms with E-state index in [2.05, 4.69) is 5.32 Å². The zero-order valence-electron chi connectivity index (χ0n) is 12.2. The van der Waals surface area contributed by atoms with Gasteiger partial charge in [-0.15, -0.1) is 0 Å². The van der Waals surface area contributed by atoms with Gasteiger partial charge in [0, 0.05) is 13.7 Å². The molecule has 8 heteroatoms. The standard InChI is InChI=1S/C14H17ClFNO5/c1-9(14(19)17-5-6-20-2)22-13(18)8-21-12-4-3-10(16)7-11(12)15/h3-4,7,9H,5-6,8H2,1-2H3,(H,17,19)/t9-/m0/s1. The van der Waals surface area contributed by atoms with E-state index in [9.17, 15) is 14.0 Å². The Balaban J connectivity index is 2.37. The minimum absolute atomic E-state index is 0.0400. The van der Waals surface area contributed by atoms with Crippen molar-refractivity contribution in [3.8, 4) is 5.75 Å². The van der Waals surface area contributed by atoms with Crippen LogP contribution in [0.5, 0.6) is 5.75 Å². The van der Waals surface area contributed by atoms with E-state index in [-0.39, 0.29) is 10.8 Å². The SMILES string of the molecule is COCCNC(=O)[C@H](C)OC(=O)COc1ccc(F)cc1Cl. The van der Waals surface area contributed by atoms with Crippen LogP contribution in [0.15, 0.2) is 18.2 Å². The Morgan fingerprint density at radius 3 is 2.77 bits per heavy atom. The smallest absolute Gasteiger partial charge is 0.344 e. The van der Waals surface area contributed by atoms with Gasteiger partial charge in [-0.2, -0.15) is 0 Å². The monoisotopic (exact) mass is 333 g/mol. The van der Waals surface area contributed by atoms with Crippen molar-refractivity contribution in [3.63, 3.8) is 0 Å². The maximum atomic E-state index is 12.8. The molecule has 0 spiro atoms. The van der Waals surface area contributed by atoms with E-state index in [4.69, 9.17) is 25.8 Å². The van der Waals surface area contributed by atoms with Crippen LogP contribution < -0.4 is 10.1 Å². The van der Waals surface area contributed by atoms with Crippen LogP contribution in [0.1, 0.15) is 6.92 Å². The van der Waals surface area contributed by atoms with Gasteiger partial charge in [0.15, 0.2) is 12.7 Å². The molecule has 0 bridgehead atoms. The van der Waals surface area contributed by atoms with Crippen LogP contribution in [0.4, 0.5) is 4.39 Å². The number of amides is 1. The Kier molecular flexibility index (Phi) is 7.62. The van der Waals surface area contributed by atoms with Crippen molar-refractivity contribution in [3.05, 3.63) is 29.0 Å². The summed E-state index contributed by atoms with van der Waals surface area (Å²) in [6.45, 7) is 1.67. The molecule has 22 heavy (non-hydrogen) atoms. The molecule has 0 heterocycles. The van der Waals surface area contributed by atoms with E-state index in [1.807, 2.05) is 0 Å². The third kappa shape index (κ3) is 6.28. The number of ether oxygens (including phenoxy) is 3. The maximum Gasteiger partial charge on any atom is 0.344 e. The number of hydrogen-bond donors (Lipinski definition) is 1. The summed E-state index contributed by atoms with van der Waals surface area (Å²) < 4.78 is 27.6. The Morgan fingerprint density at radius 1 is 1.41 bits per heavy atom. The highest BCUT2D eigenvalue weighted by atomic mass is 35.5. The number of methoxy groups -OCH3 is 1. The predicted octanol–water partition coefficient (Wildman–Crippen LogP) is 1.55. The second-order valence-corrected chi connectivity index (χ2v) is 4.69. The van der Waals surface area contributed by atoms with Gasteiger partial charge in [-0.3, -0.25) is 4.79 Å². The first kappa shape index (κ1) is 18.2. The number of carbonyl (C=O) groups excluding carboxylic acids is 2. The number of hydrogen-bond acceptors (Lipinski definition) is 5. The molecule has 0 unspecified atom stereocenters. The number of halogens is 2. The molecule has 122 valence electrons. The zero-order chi connectivity index (χ0) is 16.5. The summed E-state index contributed by atoms with van der Waals surface area (Å²) in [6.07, 6.45) is -0.961. The summed E-state index contributed by atoms with van der Waals surface area (Å²) in [4.78, 5) is 23.1. The van der Waals surface area contributed by atoms with Crippen molar-refractivity contribution in [2.45, 2.75) is 13.0 Å². The van der Waals surface area contributed by atoms with Crippen LogP contribution in [-0.2, 0) is 19.1 Å². The molecule has 0 aliphatic rings. The van der Waals surface area contributed by atoms with E-state index in [0.717, 1.165) is 12.1 Å². The Labute approximate surface area is 132 Å². The molecule has 0 aromatic heterocycles. The van der Waals surface area contributed by atoms with Gasteiger partial charge in [0.2, 0.25) is 0 Å². The molecule has 0 radical (unpaired) electrons. The quantitative estimate of drug-likeness (QED) is 0.577. The van der Waals surface area contributed by atoms with Gasteiger partial charge in [-0.25, -0.2) is 9.18 Å². The van der Waals surface area contributed by atoms with E-state index < -0.39 is 30.4 Å². The third-order valence-corrected chi connectivity index (χ3v) is 2.82. The fourth-order valence-corrected chi connectivity index (χ4v) is 1.66. The van der Waals surface area contributed by atoms with E-state index in [0.29, 0.717) is 13.2 Å². The van der Waals surface area contributed by atoms with Crippen LogP contribution in [0.2, 0.25) is 5.02 Å². The molecule has 1 atom stereocenters. The van der Waals surface area contributed by atoms with Gasteiger partial charge in [0.1, 0.15) is 11.6 Å². The average molecular weight is 334 g/mol. The van der Waals surface area contributed by atoms with E-state index in [1.165, 1.54) is 20.1 Å².